The zero-order valence-corrected chi connectivity index (χ0v) is 20.0. The van der Waals surface area contributed by atoms with Gasteiger partial charge in [-0.15, -0.1) is 11.8 Å². The molecule has 0 atom stereocenters. The van der Waals surface area contributed by atoms with Crippen molar-refractivity contribution in [2.24, 2.45) is 0 Å². The van der Waals surface area contributed by atoms with Gasteiger partial charge in [0.25, 0.3) is 5.91 Å². The Balaban J connectivity index is 1.29. The van der Waals surface area contributed by atoms with Gasteiger partial charge in [-0.3, -0.25) is 9.59 Å². The van der Waals surface area contributed by atoms with Gasteiger partial charge in [0, 0.05) is 21.2 Å². The van der Waals surface area contributed by atoms with E-state index in [0.717, 1.165) is 20.9 Å². The van der Waals surface area contributed by atoms with Crippen LogP contribution in [0.3, 0.4) is 0 Å². The highest BCUT2D eigenvalue weighted by Crippen LogP contribution is 2.29. The second-order valence-electron chi connectivity index (χ2n) is 6.91. The van der Waals surface area contributed by atoms with Gasteiger partial charge in [0.05, 0.1) is 22.6 Å². The molecule has 3 aromatic carbocycles. The fraction of sp³-hybridized carbons (Fsp3) is 0.125. The Kier molecular flexibility index (Phi) is 7.49. The highest BCUT2D eigenvalue weighted by Gasteiger charge is 2.10. The number of benzene rings is 3. The summed E-state index contributed by atoms with van der Waals surface area (Å²) in [5, 5.41) is 6.75. The maximum Gasteiger partial charge on any atom is 0.255 e. The summed E-state index contributed by atoms with van der Waals surface area (Å²) in [6.07, 6.45) is 0. The molecule has 0 radical (unpaired) electrons. The first kappa shape index (κ1) is 23.1. The van der Waals surface area contributed by atoms with Gasteiger partial charge >= 0.3 is 0 Å². The SMILES string of the molecule is CCOc1ccc2nc(NC(=O)CSc3ccc(NC(=O)c4cccc(Cl)c4)cc3)sc2c1. The van der Waals surface area contributed by atoms with Gasteiger partial charge in [0.1, 0.15) is 5.75 Å². The molecule has 4 rings (SSSR count). The lowest BCUT2D eigenvalue weighted by molar-refractivity contribution is -0.113. The van der Waals surface area contributed by atoms with Crippen LogP contribution in [0.4, 0.5) is 10.8 Å². The first-order valence-corrected chi connectivity index (χ1v) is 12.3. The first-order valence-electron chi connectivity index (χ1n) is 10.1. The highest BCUT2D eigenvalue weighted by molar-refractivity contribution is 8.00. The number of ether oxygens (including phenoxy) is 1. The maximum atomic E-state index is 12.4. The van der Waals surface area contributed by atoms with E-state index in [4.69, 9.17) is 16.3 Å². The molecule has 0 aliphatic carbocycles. The fourth-order valence-corrected chi connectivity index (χ4v) is 4.79. The number of hydrogen-bond donors (Lipinski definition) is 2. The Hall–Kier alpha value is -3.07. The van der Waals surface area contributed by atoms with Gasteiger partial charge in [-0.25, -0.2) is 4.98 Å². The molecule has 0 saturated heterocycles. The molecule has 6 nitrogen and oxygen atoms in total. The summed E-state index contributed by atoms with van der Waals surface area (Å²) >= 11 is 8.76. The number of aromatic nitrogens is 1. The van der Waals surface area contributed by atoms with Gasteiger partial charge in [0.2, 0.25) is 5.91 Å². The van der Waals surface area contributed by atoms with Crippen LogP contribution in [0.1, 0.15) is 17.3 Å². The summed E-state index contributed by atoms with van der Waals surface area (Å²) in [6, 6.07) is 19.8. The Morgan fingerprint density at radius 2 is 1.88 bits per heavy atom. The number of nitrogens with zero attached hydrogens (tertiary/aromatic N) is 1. The summed E-state index contributed by atoms with van der Waals surface area (Å²) in [4.78, 5) is 30.1. The van der Waals surface area contributed by atoms with E-state index in [1.165, 1.54) is 23.1 Å². The quantitative estimate of drug-likeness (QED) is 0.278. The lowest BCUT2D eigenvalue weighted by Gasteiger charge is -2.07. The van der Waals surface area contributed by atoms with Crippen molar-refractivity contribution >= 4 is 67.5 Å². The molecule has 2 amide bonds. The van der Waals surface area contributed by atoms with Crippen molar-refractivity contribution in [3.05, 3.63) is 77.3 Å². The number of thioether (sulfide) groups is 1. The second-order valence-corrected chi connectivity index (χ2v) is 9.42. The van der Waals surface area contributed by atoms with Gasteiger partial charge in [-0.05, 0) is 67.6 Å². The lowest BCUT2D eigenvalue weighted by Crippen LogP contribution is -2.13. The van der Waals surface area contributed by atoms with Gasteiger partial charge in [-0.1, -0.05) is 29.0 Å². The Labute approximate surface area is 204 Å². The smallest absolute Gasteiger partial charge is 0.255 e. The minimum Gasteiger partial charge on any atom is -0.494 e. The Morgan fingerprint density at radius 3 is 2.64 bits per heavy atom. The number of thiazole rings is 1. The van der Waals surface area contributed by atoms with E-state index in [9.17, 15) is 9.59 Å². The summed E-state index contributed by atoms with van der Waals surface area (Å²) < 4.78 is 6.47. The van der Waals surface area contributed by atoms with Crippen molar-refractivity contribution in [1.29, 1.82) is 0 Å². The van der Waals surface area contributed by atoms with Crippen LogP contribution in [-0.2, 0) is 4.79 Å². The number of rotatable bonds is 8. The van der Waals surface area contributed by atoms with E-state index in [1.807, 2.05) is 37.3 Å². The van der Waals surface area contributed by atoms with Crippen LogP contribution in [0, 0.1) is 0 Å². The van der Waals surface area contributed by atoms with Gasteiger partial charge in [-0.2, -0.15) is 0 Å². The van der Waals surface area contributed by atoms with Gasteiger partial charge < -0.3 is 15.4 Å². The normalized spacial score (nSPS) is 10.7. The Bertz CT molecular complexity index is 1290. The zero-order chi connectivity index (χ0) is 23.2. The van der Waals surface area contributed by atoms with Crippen molar-refractivity contribution in [2.45, 2.75) is 11.8 Å². The molecule has 0 spiro atoms. The molecule has 0 unspecified atom stereocenters. The van der Waals surface area contributed by atoms with Crippen LogP contribution >= 0.6 is 34.7 Å². The van der Waals surface area contributed by atoms with E-state index < -0.39 is 0 Å². The van der Waals surface area contributed by atoms with Crippen molar-refractivity contribution in [1.82, 2.24) is 4.98 Å². The molecule has 4 aromatic rings. The largest absolute Gasteiger partial charge is 0.494 e. The molecular formula is C24H20ClN3O3S2. The third-order valence-electron chi connectivity index (χ3n) is 4.49. The molecule has 0 fully saturated rings. The van der Waals surface area contributed by atoms with E-state index in [2.05, 4.69) is 15.6 Å². The van der Waals surface area contributed by atoms with E-state index >= 15 is 0 Å². The number of carbonyl (C=O) groups is 2. The summed E-state index contributed by atoms with van der Waals surface area (Å²) in [6.45, 7) is 2.53. The summed E-state index contributed by atoms with van der Waals surface area (Å²) in [5.74, 6) is 0.659. The molecule has 0 bridgehead atoms. The third kappa shape index (κ3) is 6.25. The molecule has 168 valence electrons. The molecule has 2 N–H and O–H groups in total. The average molecular weight is 498 g/mol. The minimum atomic E-state index is -0.235. The fourth-order valence-electron chi connectivity index (χ4n) is 2.99. The number of nitrogens with one attached hydrogen (secondary N) is 2. The predicted molar refractivity (Wildman–Crippen MR) is 136 cm³/mol. The van der Waals surface area contributed by atoms with Crippen LogP contribution in [0.25, 0.3) is 10.2 Å². The monoisotopic (exact) mass is 497 g/mol. The summed E-state index contributed by atoms with van der Waals surface area (Å²) in [5.41, 5.74) is 1.97. The van der Waals surface area contributed by atoms with E-state index in [0.29, 0.717) is 28.0 Å². The molecule has 1 aromatic heterocycles. The van der Waals surface area contributed by atoms with E-state index in [1.54, 1.807) is 36.4 Å². The Morgan fingerprint density at radius 1 is 1.06 bits per heavy atom. The second kappa shape index (κ2) is 10.7. The first-order chi connectivity index (χ1) is 16.0. The minimum absolute atomic E-state index is 0.137. The molecule has 1 heterocycles. The lowest BCUT2D eigenvalue weighted by atomic mass is 10.2. The van der Waals surface area contributed by atoms with Crippen molar-refractivity contribution in [2.75, 3.05) is 23.0 Å². The molecule has 33 heavy (non-hydrogen) atoms. The predicted octanol–water partition coefficient (Wildman–Crippen LogP) is 6.33. The standard InChI is InChI=1S/C24H20ClN3O3S2/c1-2-31-18-8-11-20-21(13-18)33-24(27-20)28-22(29)14-32-19-9-6-17(7-10-19)26-23(30)15-4-3-5-16(25)12-15/h3-13H,2,14H2,1H3,(H,26,30)(H,27,28,29). The third-order valence-corrected chi connectivity index (χ3v) is 6.67. The van der Waals surface area contributed by atoms with Crippen molar-refractivity contribution in [3.63, 3.8) is 0 Å². The summed E-state index contributed by atoms with van der Waals surface area (Å²) in [7, 11) is 0. The molecule has 0 aliphatic heterocycles. The van der Waals surface area contributed by atoms with Crippen LogP contribution in [-0.4, -0.2) is 29.2 Å². The number of carbonyl (C=O) groups excluding carboxylic acids is 2. The van der Waals surface area contributed by atoms with E-state index in [-0.39, 0.29) is 17.6 Å². The maximum absolute atomic E-state index is 12.4. The number of anilines is 2. The van der Waals surface area contributed by atoms with Crippen LogP contribution in [0.2, 0.25) is 5.02 Å². The van der Waals surface area contributed by atoms with Crippen LogP contribution in [0.5, 0.6) is 5.75 Å². The molecule has 0 saturated carbocycles. The average Bonchev–Trinajstić information content (AvgIpc) is 3.20. The topological polar surface area (TPSA) is 80.3 Å². The number of hydrogen-bond acceptors (Lipinski definition) is 6. The van der Waals surface area contributed by atoms with Crippen molar-refractivity contribution < 1.29 is 14.3 Å². The molecular weight excluding hydrogens is 478 g/mol. The number of fused-ring (bicyclic) bond motifs is 1. The van der Waals surface area contributed by atoms with Crippen molar-refractivity contribution in [3.8, 4) is 5.75 Å². The number of amides is 2. The zero-order valence-electron chi connectivity index (χ0n) is 17.6. The molecule has 9 heteroatoms. The highest BCUT2D eigenvalue weighted by atomic mass is 35.5. The van der Waals surface area contributed by atoms with Gasteiger partial charge in [0.15, 0.2) is 5.13 Å². The molecule has 0 aliphatic rings. The van der Waals surface area contributed by atoms with Crippen LogP contribution < -0.4 is 15.4 Å². The van der Waals surface area contributed by atoms with Crippen LogP contribution in [0.15, 0.2) is 71.6 Å². The number of halogens is 1.